The molecule has 0 aliphatic rings. The summed E-state index contributed by atoms with van der Waals surface area (Å²) in [7, 11) is 1.35. The van der Waals surface area contributed by atoms with Gasteiger partial charge in [0.05, 0.1) is 7.11 Å². The monoisotopic (exact) mass is 88.1 g/mol. The zero-order chi connectivity index (χ0) is 4.99. The van der Waals surface area contributed by atoms with Crippen molar-refractivity contribution in [2.24, 2.45) is 0 Å². The van der Waals surface area contributed by atoms with Crippen LogP contribution in [0.4, 0.5) is 0 Å². The zero-order valence-electron chi connectivity index (χ0n) is 3.41. The van der Waals surface area contributed by atoms with Crippen molar-refractivity contribution in [3.63, 3.8) is 0 Å². The van der Waals surface area contributed by atoms with Gasteiger partial charge in [-0.05, 0) is 0 Å². The van der Waals surface area contributed by atoms with E-state index < -0.39 is 5.96 Å². The van der Waals surface area contributed by atoms with Crippen LogP contribution in [0, 0.1) is 5.41 Å². The molecule has 0 unspecified atom stereocenters. The summed E-state index contributed by atoms with van der Waals surface area (Å²) in [6, 6.07) is 0. The van der Waals surface area contributed by atoms with Gasteiger partial charge in [0.25, 0.3) is 0 Å². The Bertz CT molecular complexity index is 52.8. The van der Waals surface area contributed by atoms with Crippen LogP contribution in [0.3, 0.4) is 0 Å². The summed E-state index contributed by atoms with van der Waals surface area (Å²) in [4.78, 5) is 4.14. The fourth-order valence-electron chi connectivity index (χ4n) is 0.102. The van der Waals surface area contributed by atoms with Gasteiger partial charge in [-0.1, -0.05) is 0 Å². The van der Waals surface area contributed by atoms with Crippen LogP contribution >= 0.6 is 0 Å². The molecule has 0 heterocycles. The van der Waals surface area contributed by atoms with Crippen molar-refractivity contribution in [2.75, 3.05) is 7.11 Å². The van der Waals surface area contributed by atoms with Gasteiger partial charge in [-0.25, -0.2) is 5.48 Å². The average molecular weight is 88.1 g/mol. The predicted molar refractivity (Wildman–Crippen MR) is 21.0 cm³/mol. The van der Waals surface area contributed by atoms with E-state index in [0.717, 1.165) is 0 Å². The maximum Gasteiger partial charge on any atom is 0.231 e. The second kappa shape index (κ2) is 2.47. The largest absolute Gasteiger partial charge is 0.277 e. The molecular weight excluding hydrogens is 82.0 g/mol. The maximum atomic E-state index is 6.32. The number of rotatable bonds is 1. The number of hydrogen-bond donors (Lipinski definition) is 2. The standard InChI is InChI=1S/C2H6N3O/c1-6-5-2(3)4/h3H,1H3,(H2,4,5). The van der Waals surface area contributed by atoms with Crippen LogP contribution in [0.15, 0.2) is 0 Å². The van der Waals surface area contributed by atoms with Crippen LogP contribution in [0.1, 0.15) is 0 Å². The second-order valence-electron chi connectivity index (χ2n) is 0.681. The Labute approximate surface area is 35.7 Å². The van der Waals surface area contributed by atoms with E-state index in [-0.39, 0.29) is 0 Å². The van der Waals surface area contributed by atoms with E-state index in [0.29, 0.717) is 0 Å². The molecule has 0 saturated heterocycles. The molecule has 0 rings (SSSR count). The average Bonchev–Trinajstić information content (AvgIpc) is 1.35. The van der Waals surface area contributed by atoms with Gasteiger partial charge in [0.2, 0.25) is 5.96 Å². The third kappa shape index (κ3) is 3.23. The van der Waals surface area contributed by atoms with E-state index in [1.807, 2.05) is 5.48 Å². The third-order valence-electron chi connectivity index (χ3n) is 0.204. The van der Waals surface area contributed by atoms with Gasteiger partial charge in [0.1, 0.15) is 0 Å². The first-order valence-electron chi connectivity index (χ1n) is 1.36. The molecule has 35 valence electrons. The highest BCUT2D eigenvalue weighted by molar-refractivity contribution is 5.72. The van der Waals surface area contributed by atoms with Crippen LogP contribution < -0.4 is 11.2 Å². The number of hydroxylamine groups is 1. The summed E-state index contributed by atoms with van der Waals surface area (Å²) in [5, 5.41) is 6.32. The van der Waals surface area contributed by atoms with Gasteiger partial charge in [0.15, 0.2) is 0 Å². The Hall–Kier alpha value is -0.770. The Morgan fingerprint density at radius 3 is 2.33 bits per heavy atom. The number of hydrogen-bond acceptors (Lipinski definition) is 2. The summed E-state index contributed by atoms with van der Waals surface area (Å²) in [5.74, 6) is -0.433. The van der Waals surface area contributed by atoms with E-state index in [4.69, 9.17) is 11.1 Å². The predicted octanol–water partition coefficient (Wildman–Crippen LogP) is -0.645. The van der Waals surface area contributed by atoms with E-state index in [1.165, 1.54) is 7.11 Å². The van der Waals surface area contributed by atoms with Gasteiger partial charge in [-0.3, -0.25) is 16.0 Å². The molecule has 0 aromatic rings. The second-order valence-corrected chi connectivity index (χ2v) is 0.681. The van der Waals surface area contributed by atoms with E-state index >= 15 is 0 Å². The highest BCUT2D eigenvalue weighted by Crippen LogP contribution is 1.48. The molecule has 3 N–H and O–H groups in total. The topological polar surface area (TPSA) is 68.9 Å². The molecule has 0 aromatic carbocycles. The molecular formula is C2H6N3O. The minimum absolute atomic E-state index is 0.433. The molecule has 0 bridgehead atoms. The van der Waals surface area contributed by atoms with Crippen molar-refractivity contribution in [3.8, 4) is 0 Å². The highest BCUT2D eigenvalue weighted by Gasteiger charge is 1.75. The lowest BCUT2D eigenvalue weighted by molar-refractivity contribution is 0.142. The summed E-state index contributed by atoms with van der Waals surface area (Å²) in [6.07, 6.45) is 0. The lowest BCUT2D eigenvalue weighted by Gasteiger charge is -1.92. The van der Waals surface area contributed by atoms with Gasteiger partial charge in [-0.15, -0.1) is 0 Å². The van der Waals surface area contributed by atoms with Crippen LogP contribution in [0.25, 0.3) is 0 Å². The zero-order valence-corrected chi connectivity index (χ0v) is 3.41. The van der Waals surface area contributed by atoms with Crippen LogP contribution in [0.5, 0.6) is 0 Å². The Morgan fingerprint density at radius 2 is 2.33 bits per heavy atom. The summed E-state index contributed by atoms with van der Waals surface area (Å²) >= 11 is 0. The minimum Gasteiger partial charge on any atom is -0.277 e. The van der Waals surface area contributed by atoms with Crippen LogP contribution in [-0.2, 0) is 4.84 Å². The van der Waals surface area contributed by atoms with E-state index in [9.17, 15) is 0 Å². The molecule has 1 radical (unpaired) electrons. The molecule has 6 heavy (non-hydrogen) atoms. The van der Waals surface area contributed by atoms with E-state index in [1.54, 1.807) is 0 Å². The van der Waals surface area contributed by atoms with Crippen LogP contribution in [-0.4, -0.2) is 13.1 Å². The van der Waals surface area contributed by atoms with Crippen molar-refractivity contribution >= 4 is 5.96 Å². The fourth-order valence-corrected chi connectivity index (χ4v) is 0.102. The first kappa shape index (κ1) is 5.23. The molecule has 0 atom stereocenters. The van der Waals surface area contributed by atoms with Gasteiger partial charge >= 0.3 is 0 Å². The first-order chi connectivity index (χ1) is 2.77. The lowest BCUT2D eigenvalue weighted by Crippen LogP contribution is -2.20. The summed E-state index contributed by atoms with van der Waals surface area (Å²) in [6.45, 7) is 0. The van der Waals surface area contributed by atoms with Crippen LogP contribution in [0.2, 0.25) is 0 Å². The third-order valence-corrected chi connectivity index (χ3v) is 0.204. The molecule has 0 saturated carbocycles. The SMILES string of the molecule is CONC([NH])=N. The van der Waals surface area contributed by atoms with Crippen molar-refractivity contribution in [1.82, 2.24) is 11.2 Å². The molecule has 0 aliphatic heterocycles. The Kier molecular flexibility index (Phi) is 2.15. The van der Waals surface area contributed by atoms with Gasteiger partial charge in [0, 0.05) is 0 Å². The molecule has 4 heteroatoms. The molecule has 0 aromatic heterocycles. The normalized spacial score (nSPS) is 7.50. The van der Waals surface area contributed by atoms with Gasteiger partial charge in [-0.2, -0.15) is 0 Å². The first-order valence-corrected chi connectivity index (χ1v) is 1.36. The summed E-state index contributed by atoms with van der Waals surface area (Å²) < 4.78 is 0. The Balaban J connectivity index is 2.83. The lowest BCUT2D eigenvalue weighted by atomic mass is 11.1. The minimum atomic E-state index is -0.433. The molecule has 0 fully saturated rings. The molecule has 0 spiro atoms. The van der Waals surface area contributed by atoms with Crippen molar-refractivity contribution < 1.29 is 4.84 Å². The maximum absolute atomic E-state index is 6.32. The van der Waals surface area contributed by atoms with Crippen molar-refractivity contribution in [3.05, 3.63) is 0 Å². The summed E-state index contributed by atoms with van der Waals surface area (Å²) in [5.41, 5.74) is 8.28. The smallest absolute Gasteiger partial charge is 0.231 e. The molecule has 4 nitrogen and oxygen atoms in total. The molecule has 0 aliphatic carbocycles. The quantitative estimate of drug-likeness (QED) is 0.254. The highest BCUT2D eigenvalue weighted by atomic mass is 16.6. The number of guanidine groups is 1. The van der Waals surface area contributed by atoms with Gasteiger partial charge < -0.3 is 0 Å². The Morgan fingerprint density at radius 1 is 1.83 bits per heavy atom. The fraction of sp³-hybridized carbons (Fsp3) is 0.500. The van der Waals surface area contributed by atoms with E-state index in [2.05, 4.69) is 4.84 Å². The van der Waals surface area contributed by atoms with Crippen molar-refractivity contribution in [1.29, 1.82) is 5.41 Å². The number of nitrogens with one attached hydrogen (secondary N) is 3. The van der Waals surface area contributed by atoms with Crippen molar-refractivity contribution in [2.45, 2.75) is 0 Å². The molecule has 0 amide bonds.